The second kappa shape index (κ2) is 6.73. The van der Waals surface area contributed by atoms with Gasteiger partial charge in [0.25, 0.3) is 0 Å². The highest BCUT2D eigenvalue weighted by Crippen LogP contribution is 2.47. The van der Waals surface area contributed by atoms with E-state index in [9.17, 15) is 4.79 Å². The lowest BCUT2D eigenvalue weighted by atomic mass is 9.80. The van der Waals surface area contributed by atoms with Gasteiger partial charge in [0, 0.05) is 36.8 Å². The van der Waals surface area contributed by atoms with Crippen LogP contribution in [0.3, 0.4) is 0 Å². The molecule has 1 N–H and O–H groups in total. The van der Waals surface area contributed by atoms with E-state index in [2.05, 4.69) is 53.2 Å². The van der Waals surface area contributed by atoms with E-state index >= 15 is 0 Å². The molecule has 0 radical (unpaired) electrons. The molecule has 1 aromatic rings. The highest BCUT2D eigenvalue weighted by atomic mass is 16.5. The Bertz CT molecular complexity index is 602. The van der Waals surface area contributed by atoms with Crippen molar-refractivity contribution in [3.05, 3.63) is 29.8 Å². The third kappa shape index (κ3) is 3.15. The van der Waals surface area contributed by atoms with Crippen molar-refractivity contribution >= 4 is 11.6 Å². The molecule has 0 bridgehead atoms. The molecule has 0 aliphatic carbocycles. The fourth-order valence-corrected chi connectivity index (χ4v) is 3.85. The van der Waals surface area contributed by atoms with Crippen LogP contribution in [0.2, 0.25) is 0 Å². The summed E-state index contributed by atoms with van der Waals surface area (Å²) in [6.45, 7) is 7.50. The molecule has 1 aromatic carbocycles. The minimum atomic E-state index is -0.340. The summed E-state index contributed by atoms with van der Waals surface area (Å²) in [6, 6.07) is 9.02. The average Bonchev–Trinajstić information content (AvgIpc) is 3.11. The quantitative estimate of drug-likeness (QED) is 0.890. The number of nitrogens with zero attached hydrogens (tertiary/aromatic N) is 2. The topological polar surface area (TPSA) is 44.8 Å². The van der Waals surface area contributed by atoms with Gasteiger partial charge in [-0.05, 0) is 46.0 Å². The number of para-hydroxylation sites is 1. The molecule has 1 saturated heterocycles. The summed E-state index contributed by atoms with van der Waals surface area (Å²) in [6.07, 6.45) is 0.424. The Hall–Kier alpha value is -1.59. The number of carbonyl (C=O) groups excluding carboxylic acids is 1. The molecule has 1 spiro atoms. The number of benzene rings is 1. The molecule has 2 unspecified atom stereocenters. The molecule has 24 heavy (non-hydrogen) atoms. The van der Waals surface area contributed by atoms with Crippen LogP contribution < -0.4 is 10.2 Å². The summed E-state index contributed by atoms with van der Waals surface area (Å²) in [7, 11) is 4.01. The zero-order valence-electron chi connectivity index (χ0n) is 15.2. The Morgan fingerprint density at radius 3 is 2.88 bits per heavy atom. The van der Waals surface area contributed by atoms with E-state index in [1.165, 1.54) is 11.3 Å². The van der Waals surface area contributed by atoms with Crippen molar-refractivity contribution in [2.45, 2.75) is 37.8 Å². The average molecular weight is 331 g/mol. The van der Waals surface area contributed by atoms with Gasteiger partial charge in [0.05, 0.1) is 6.61 Å². The fourth-order valence-electron chi connectivity index (χ4n) is 3.85. The summed E-state index contributed by atoms with van der Waals surface area (Å²) in [4.78, 5) is 16.9. The fraction of sp³-hybridized carbons (Fsp3) is 0.632. The van der Waals surface area contributed by atoms with E-state index in [1.54, 1.807) is 0 Å². The number of carbonyl (C=O) groups is 1. The lowest BCUT2D eigenvalue weighted by molar-refractivity contribution is -0.130. The Labute approximate surface area is 145 Å². The van der Waals surface area contributed by atoms with Crippen LogP contribution in [0.4, 0.5) is 5.69 Å². The van der Waals surface area contributed by atoms with Gasteiger partial charge in [-0.3, -0.25) is 4.79 Å². The predicted molar refractivity (Wildman–Crippen MR) is 96.5 cm³/mol. The first-order valence-electron chi connectivity index (χ1n) is 8.83. The van der Waals surface area contributed by atoms with Gasteiger partial charge in [-0.15, -0.1) is 0 Å². The molecular formula is C19H29N3O2. The second-order valence-corrected chi connectivity index (χ2v) is 7.62. The normalized spacial score (nSPS) is 25.8. The Morgan fingerprint density at radius 2 is 2.17 bits per heavy atom. The third-order valence-corrected chi connectivity index (χ3v) is 5.17. The number of ether oxygens (including phenoxy) is 1. The van der Waals surface area contributed by atoms with Crippen LogP contribution in [0.1, 0.15) is 25.8 Å². The Balaban J connectivity index is 1.71. The first-order valence-corrected chi connectivity index (χ1v) is 8.83. The molecule has 2 atom stereocenters. The molecule has 2 heterocycles. The molecule has 1 fully saturated rings. The number of hydrogen-bond acceptors (Lipinski definition) is 4. The SMILES string of the molecule is CC(C)N1CC2(COC(C(=O)NCCN(C)C)C2)c2ccccc21. The minimum Gasteiger partial charge on any atom is -0.368 e. The van der Waals surface area contributed by atoms with E-state index in [1.807, 2.05) is 14.1 Å². The molecule has 5 heteroatoms. The van der Waals surface area contributed by atoms with Crippen molar-refractivity contribution in [2.24, 2.45) is 0 Å². The van der Waals surface area contributed by atoms with Crippen LogP contribution in [-0.4, -0.2) is 63.3 Å². The minimum absolute atomic E-state index is 0.0224. The van der Waals surface area contributed by atoms with Crippen molar-refractivity contribution in [3.63, 3.8) is 0 Å². The van der Waals surface area contributed by atoms with Crippen LogP contribution >= 0.6 is 0 Å². The van der Waals surface area contributed by atoms with E-state index in [4.69, 9.17) is 4.74 Å². The molecule has 0 saturated carbocycles. The Morgan fingerprint density at radius 1 is 1.42 bits per heavy atom. The summed E-state index contributed by atoms with van der Waals surface area (Å²) in [5, 5.41) is 3.00. The van der Waals surface area contributed by atoms with Gasteiger partial charge in [0.2, 0.25) is 5.91 Å². The van der Waals surface area contributed by atoms with Crippen LogP contribution in [0.25, 0.3) is 0 Å². The zero-order valence-corrected chi connectivity index (χ0v) is 15.2. The van der Waals surface area contributed by atoms with Crippen molar-refractivity contribution in [3.8, 4) is 0 Å². The first-order chi connectivity index (χ1) is 11.4. The monoisotopic (exact) mass is 331 g/mol. The molecule has 3 rings (SSSR count). The number of rotatable bonds is 5. The molecule has 2 aliphatic heterocycles. The van der Waals surface area contributed by atoms with Gasteiger partial charge >= 0.3 is 0 Å². The molecule has 132 valence electrons. The summed E-state index contributed by atoms with van der Waals surface area (Å²) in [5.41, 5.74) is 2.58. The number of fused-ring (bicyclic) bond motifs is 2. The van der Waals surface area contributed by atoms with E-state index in [0.29, 0.717) is 19.2 Å². The summed E-state index contributed by atoms with van der Waals surface area (Å²) >= 11 is 0. The Kier molecular flexibility index (Phi) is 4.83. The van der Waals surface area contributed by atoms with Crippen LogP contribution in [-0.2, 0) is 14.9 Å². The van der Waals surface area contributed by atoms with Crippen molar-refractivity contribution in [2.75, 3.05) is 45.2 Å². The van der Waals surface area contributed by atoms with Crippen molar-refractivity contribution in [1.82, 2.24) is 10.2 Å². The van der Waals surface area contributed by atoms with Crippen molar-refractivity contribution < 1.29 is 9.53 Å². The van der Waals surface area contributed by atoms with Crippen LogP contribution in [0.5, 0.6) is 0 Å². The first kappa shape index (κ1) is 17.2. The van der Waals surface area contributed by atoms with Crippen LogP contribution in [0.15, 0.2) is 24.3 Å². The predicted octanol–water partition coefficient (Wildman–Crippen LogP) is 1.62. The molecular weight excluding hydrogens is 302 g/mol. The number of amides is 1. The van der Waals surface area contributed by atoms with Crippen LogP contribution in [0, 0.1) is 0 Å². The largest absolute Gasteiger partial charge is 0.368 e. The third-order valence-electron chi connectivity index (χ3n) is 5.17. The summed E-state index contributed by atoms with van der Waals surface area (Å²) in [5.74, 6) is 0.0224. The standard InChI is InChI=1S/C19H29N3O2/c1-14(2)22-12-19(15-7-5-6-8-16(15)22)11-17(24-13-19)18(23)20-9-10-21(3)4/h5-8,14,17H,9-13H2,1-4H3,(H,20,23). The highest BCUT2D eigenvalue weighted by molar-refractivity contribution is 5.81. The maximum Gasteiger partial charge on any atom is 0.249 e. The smallest absolute Gasteiger partial charge is 0.249 e. The summed E-state index contributed by atoms with van der Waals surface area (Å²) < 4.78 is 5.94. The van der Waals surface area contributed by atoms with Gasteiger partial charge in [-0.25, -0.2) is 0 Å². The number of hydrogen-bond donors (Lipinski definition) is 1. The number of nitrogens with one attached hydrogen (secondary N) is 1. The van der Waals surface area contributed by atoms with Gasteiger partial charge in [0.1, 0.15) is 6.10 Å². The van der Waals surface area contributed by atoms with E-state index in [-0.39, 0.29) is 17.4 Å². The van der Waals surface area contributed by atoms with Gasteiger partial charge in [-0.2, -0.15) is 0 Å². The van der Waals surface area contributed by atoms with Gasteiger partial charge in [0.15, 0.2) is 0 Å². The number of anilines is 1. The maximum atomic E-state index is 12.4. The maximum absolute atomic E-state index is 12.4. The van der Waals surface area contributed by atoms with Crippen molar-refractivity contribution in [1.29, 1.82) is 0 Å². The molecule has 1 amide bonds. The lowest BCUT2D eigenvalue weighted by Crippen LogP contribution is -2.40. The van der Waals surface area contributed by atoms with E-state index < -0.39 is 0 Å². The van der Waals surface area contributed by atoms with Gasteiger partial charge in [-0.1, -0.05) is 18.2 Å². The lowest BCUT2D eigenvalue weighted by Gasteiger charge is -2.27. The number of likely N-dealkylation sites (N-methyl/N-ethyl adjacent to an activating group) is 1. The molecule has 0 aromatic heterocycles. The van der Waals surface area contributed by atoms with Gasteiger partial charge < -0.3 is 19.9 Å². The molecule has 5 nitrogen and oxygen atoms in total. The molecule has 2 aliphatic rings. The second-order valence-electron chi connectivity index (χ2n) is 7.62. The highest BCUT2D eigenvalue weighted by Gasteiger charge is 2.50. The van der Waals surface area contributed by atoms with E-state index in [0.717, 1.165) is 19.5 Å². The zero-order chi connectivity index (χ0) is 17.3.